The third kappa shape index (κ3) is 11.6. The molecule has 0 saturated heterocycles. The first-order chi connectivity index (χ1) is 38.3. The van der Waals surface area contributed by atoms with E-state index in [2.05, 4.69) is 10.2 Å². The molecule has 24 heteroatoms. The summed E-state index contributed by atoms with van der Waals surface area (Å²) in [5, 5.41) is 19.8. The van der Waals surface area contributed by atoms with Gasteiger partial charge in [0.05, 0.1) is 56.5 Å². The van der Waals surface area contributed by atoms with Gasteiger partial charge in [-0.3, -0.25) is 28.5 Å². The van der Waals surface area contributed by atoms with Gasteiger partial charge in [-0.2, -0.15) is 20.4 Å². The van der Waals surface area contributed by atoms with Crippen LogP contribution < -0.4 is 24.7 Å². The standard InChI is InChI=1S/C29H29Cl2N5O5.C28H28Cl2N6O4/c1-29(2,3)34(4)28(38)26-22-15-41-24-11-23(39-5)20(16-12-32-35(13-16)14-25(37)40-6)10-21(24)27(22)36(33-26)19-8-17(30)7-18(31)9-19;1-28(2,3)34(4)27(38)25-21-14-40-23-10-22(39-5)19(15-11-32-35(12-15)13-24(31)37)9-20(23)26(21)36(33-25)18-7-16(29)6-17(30)8-18/h7-13H,14-15H2,1-6H3;6-12H,13-14H2,1-5H3,(H2,31,37). The lowest BCUT2D eigenvalue weighted by Crippen LogP contribution is -2.43. The number of halogens is 4. The van der Waals surface area contributed by atoms with Gasteiger partial charge in [0.15, 0.2) is 11.4 Å². The Morgan fingerprint density at radius 1 is 0.580 bits per heavy atom. The third-order valence-electron chi connectivity index (χ3n) is 13.8. The molecule has 0 saturated carbocycles. The van der Waals surface area contributed by atoms with E-state index in [1.807, 2.05) is 53.7 Å². The zero-order valence-electron chi connectivity index (χ0n) is 46.1. The van der Waals surface area contributed by atoms with Crippen LogP contribution in [0.25, 0.3) is 56.1 Å². The van der Waals surface area contributed by atoms with Crippen LogP contribution in [0.15, 0.2) is 85.5 Å². The molecule has 4 aromatic heterocycles. The molecule has 0 unspecified atom stereocenters. The van der Waals surface area contributed by atoms with Gasteiger partial charge in [0.25, 0.3) is 11.8 Å². The fourth-order valence-corrected chi connectivity index (χ4v) is 10.1. The number of hydrogen-bond donors (Lipinski definition) is 1. The number of primary amides is 1. The number of amides is 3. The minimum Gasteiger partial charge on any atom is -0.496 e. The first-order valence-electron chi connectivity index (χ1n) is 25.1. The van der Waals surface area contributed by atoms with E-state index in [-0.39, 0.29) is 49.5 Å². The second-order valence-corrected chi connectivity index (χ2v) is 22.8. The van der Waals surface area contributed by atoms with Gasteiger partial charge in [-0.15, -0.1) is 0 Å². The van der Waals surface area contributed by atoms with E-state index in [4.69, 9.17) is 86.0 Å². The molecule has 0 radical (unpaired) electrons. The molecule has 81 heavy (non-hydrogen) atoms. The number of carbonyl (C=O) groups excluding carboxylic acids is 4. The highest BCUT2D eigenvalue weighted by Gasteiger charge is 2.37. The zero-order chi connectivity index (χ0) is 58.6. The van der Waals surface area contributed by atoms with Crippen LogP contribution in [0.1, 0.15) is 73.6 Å². The molecule has 2 aliphatic rings. The molecule has 422 valence electrons. The first-order valence-corrected chi connectivity index (χ1v) is 26.6. The van der Waals surface area contributed by atoms with E-state index < -0.39 is 23.0 Å². The Labute approximate surface area is 486 Å². The van der Waals surface area contributed by atoms with Crippen LogP contribution in [0.3, 0.4) is 0 Å². The predicted molar refractivity (Wildman–Crippen MR) is 307 cm³/mol. The number of fused-ring (bicyclic) bond motifs is 6. The molecule has 0 atom stereocenters. The number of methoxy groups -OCH3 is 3. The highest BCUT2D eigenvalue weighted by molar-refractivity contribution is 6.35. The van der Waals surface area contributed by atoms with Crippen molar-refractivity contribution < 1.29 is 42.9 Å². The van der Waals surface area contributed by atoms with E-state index in [1.165, 1.54) is 16.5 Å². The average molecular weight is 1180 g/mol. The van der Waals surface area contributed by atoms with E-state index in [0.29, 0.717) is 110 Å². The molecule has 3 amide bonds. The van der Waals surface area contributed by atoms with E-state index >= 15 is 0 Å². The summed E-state index contributed by atoms with van der Waals surface area (Å²) in [6, 6.07) is 17.6. The Bertz CT molecular complexity index is 3770. The van der Waals surface area contributed by atoms with Crippen LogP contribution in [0.5, 0.6) is 23.0 Å². The highest BCUT2D eigenvalue weighted by atomic mass is 35.5. The Kier molecular flexibility index (Phi) is 16.0. The number of ether oxygens (including phenoxy) is 5. The maximum absolute atomic E-state index is 13.7. The van der Waals surface area contributed by atoms with E-state index in [1.54, 1.807) is 121 Å². The van der Waals surface area contributed by atoms with Crippen molar-refractivity contribution in [3.8, 4) is 79.1 Å². The molecule has 2 aliphatic heterocycles. The minimum absolute atomic E-state index is 0.0356. The smallest absolute Gasteiger partial charge is 0.327 e. The second-order valence-electron chi connectivity index (χ2n) is 21.1. The van der Waals surface area contributed by atoms with E-state index in [0.717, 1.165) is 0 Å². The van der Waals surface area contributed by atoms with Gasteiger partial charge >= 0.3 is 5.97 Å². The summed E-state index contributed by atoms with van der Waals surface area (Å²) in [7, 11) is 7.94. The molecule has 0 fully saturated rings. The summed E-state index contributed by atoms with van der Waals surface area (Å²) >= 11 is 25.5. The lowest BCUT2D eigenvalue weighted by Gasteiger charge is -2.31. The summed E-state index contributed by atoms with van der Waals surface area (Å²) in [5.41, 5.74) is 12.9. The molecule has 20 nitrogen and oxygen atoms in total. The van der Waals surface area contributed by atoms with Crippen molar-refractivity contribution in [2.24, 2.45) is 5.73 Å². The number of benzene rings is 4. The largest absolute Gasteiger partial charge is 0.496 e. The Morgan fingerprint density at radius 2 is 0.963 bits per heavy atom. The quantitative estimate of drug-likeness (QED) is 0.113. The normalized spacial score (nSPS) is 12.3. The number of hydrogen-bond acceptors (Lipinski definition) is 13. The lowest BCUT2D eigenvalue weighted by atomic mass is 9.96. The van der Waals surface area contributed by atoms with Crippen molar-refractivity contribution in [2.45, 2.75) is 78.9 Å². The summed E-state index contributed by atoms with van der Waals surface area (Å²) in [5.74, 6) is 0.775. The van der Waals surface area contributed by atoms with Crippen molar-refractivity contribution in [1.29, 1.82) is 0 Å². The monoisotopic (exact) mass is 1180 g/mol. The van der Waals surface area contributed by atoms with Gasteiger partial charge in [0.2, 0.25) is 5.91 Å². The van der Waals surface area contributed by atoms with Gasteiger partial charge in [0, 0.05) is 114 Å². The first kappa shape index (κ1) is 57.6. The fourth-order valence-electron chi connectivity index (χ4n) is 9.05. The average Bonchev–Trinajstić information content (AvgIpc) is 4.43. The molecule has 2 N–H and O–H groups in total. The summed E-state index contributed by atoms with van der Waals surface area (Å²) < 4.78 is 34.7. The highest BCUT2D eigenvalue weighted by Crippen LogP contribution is 2.48. The summed E-state index contributed by atoms with van der Waals surface area (Å²) in [4.78, 5) is 53.9. The van der Waals surface area contributed by atoms with Crippen molar-refractivity contribution in [2.75, 3.05) is 35.4 Å². The maximum Gasteiger partial charge on any atom is 0.327 e. The zero-order valence-corrected chi connectivity index (χ0v) is 49.2. The van der Waals surface area contributed by atoms with Crippen LogP contribution in [0.4, 0.5) is 0 Å². The molecule has 6 heterocycles. The lowest BCUT2D eigenvalue weighted by molar-refractivity contribution is -0.141. The predicted octanol–water partition coefficient (Wildman–Crippen LogP) is 10.6. The van der Waals surface area contributed by atoms with Gasteiger partial charge < -0.3 is 39.2 Å². The number of nitrogens with zero attached hydrogens (tertiary/aromatic N) is 10. The van der Waals surface area contributed by atoms with Crippen LogP contribution in [0, 0.1) is 0 Å². The van der Waals surface area contributed by atoms with Gasteiger partial charge in [-0.25, -0.2) is 9.36 Å². The van der Waals surface area contributed by atoms with Crippen LogP contribution in [-0.2, 0) is 40.6 Å². The third-order valence-corrected chi connectivity index (χ3v) is 14.6. The van der Waals surface area contributed by atoms with Gasteiger partial charge in [-0.1, -0.05) is 46.4 Å². The molecular formula is C57H57Cl4N11O9. The van der Waals surface area contributed by atoms with Gasteiger partial charge in [-0.05, 0) is 90.1 Å². The molecule has 0 bridgehead atoms. The minimum atomic E-state index is -0.508. The summed E-state index contributed by atoms with van der Waals surface area (Å²) in [6.07, 6.45) is 6.70. The molecule has 0 aliphatic carbocycles. The van der Waals surface area contributed by atoms with Crippen LogP contribution in [0.2, 0.25) is 20.1 Å². The number of nitrogens with two attached hydrogens (primary N) is 1. The maximum atomic E-state index is 13.7. The Morgan fingerprint density at radius 3 is 1.31 bits per heavy atom. The number of rotatable bonds is 12. The molecule has 8 aromatic rings. The number of carbonyl (C=O) groups is 4. The molecule has 0 spiro atoms. The topological polar surface area (TPSA) is 218 Å². The molecular weight excluding hydrogens is 1120 g/mol. The molecule has 10 rings (SSSR count). The number of esters is 1. The van der Waals surface area contributed by atoms with Crippen LogP contribution >= 0.6 is 46.4 Å². The fraction of sp³-hybridized carbons (Fsp3) is 0.298. The molecule has 4 aromatic carbocycles. The number of aromatic nitrogens is 8. The Balaban J connectivity index is 0.000000196. The van der Waals surface area contributed by atoms with E-state index in [9.17, 15) is 19.2 Å². The van der Waals surface area contributed by atoms with Crippen molar-refractivity contribution in [1.82, 2.24) is 48.9 Å². The van der Waals surface area contributed by atoms with Crippen molar-refractivity contribution in [3.63, 3.8) is 0 Å². The second kappa shape index (κ2) is 22.5. The van der Waals surface area contributed by atoms with Gasteiger partial charge in [0.1, 0.15) is 49.3 Å². The summed E-state index contributed by atoms with van der Waals surface area (Å²) in [6.45, 7) is 11.9. The van der Waals surface area contributed by atoms with Crippen molar-refractivity contribution >= 4 is 70.1 Å². The van der Waals surface area contributed by atoms with Crippen LogP contribution in [-0.4, -0.2) is 119 Å². The SMILES string of the molecule is COC(=O)Cn1cc(-c2cc3c(cc2OC)OCc2c(C(=O)N(C)C(C)(C)C)nn(-c4cc(Cl)cc(Cl)c4)c2-3)cn1.COc1cc2c(cc1-c1cnn(CC(N)=O)c1)-c1c(c(C(=O)N(C)C(C)(C)C)nn1-c1cc(Cl)cc(Cl)c1)CO2. The van der Waals surface area contributed by atoms with Crippen molar-refractivity contribution in [3.05, 3.63) is 128 Å². The Hall–Kier alpha value is -8.04.